The van der Waals surface area contributed by atoms with Crippen molar-refractivity contribution in [3.63, 3.8) is 0 Å². The second-order valence-corrected chi connectivity index (χ2v) is 5.79. The van der Waals surface area contributed by atoms with Gasteiger partial charge in [0.1, 0.15) is 6.20 Å². The summed E-state index contributed by atoms with van der Waals surface area (Å²) in [4.78, 5) is 7.92. The third-order valence-electron chi connectivity index (χ3n) is 4.34. The van der Waals surface area contributed by atoms with E-state index in [1.165, 1.54) is 4.90 Å². The normalized spacial score (nSPS) is 26.9. The first-order valence-electron chi connectivity index (χ1n) is 7.06. The molecule has 1 aliphatic carbocycles. The van der Waals surface area contributed by atoms with Gasteiger partial charge in [-0.15, -0.1) is 4.98 Å². The lowest BCUT2D eigenvalue weighted by Gasteiger charge is -2.33. The van der Waals surface area contributed by atoms with E-state index < -0.39 is 36.5 Å². The molecule has 1 aromatic rings. The fraction of sp³-hybridized carbons (Fsp3) is 0.571. The number of ether oxygens (including phenoxy) is 1. The molecule has 5 nitrogen and oxygen atoms in total. The zero-order valence-corrected chi connectivity index (χ0v) is 12.0. The number of pyridine rings is 1. The molecule has 2 aliphatic rings. The molecule has 1 saturated carbocycles. The van der Waals surface area contributed by atoms with Crippen molar-refractivity contribution in [2.24, 2.45) is 11.8 Å². The Labute approximate surface area is 133 Å². The lowest BCUT2D eigenvalue weighted by molar-refractivity contribution is -0.210. The maximum absolute atomic E-state index is 12.9. The zero-order valence-electron chi connectivity index (χ0n) is 12.0. The number of halogens is 5. The number of alkyl halides is 5. The van der Waals surface area contributed by atoms with Crippen molar-refractivity contribution >= 4 is 11.5 Å². The van der Waals surface area contributed by atoms with E-state index in [0.29, 0.717) is 6.42 Å². The summed E-state index contributed by atoms with van der Waals surface area (Å²) in [6, 6.07) is -0.136. The first-order chi connectivity index (χ1) is 11.2. The van der Waals surface area contributed by atoms with Crippen LogP contribution in [0.4, 0.5) is 33.5 Å². The maximum atomic E-state index is 12.9. The number of aliphatic hydroxyl groups excluding tert-OH is 1. The zero-order chi connectivity index (χ0) is 17.6. The molecule has 3 rings (SSSR count). The molecule has 1 N–H and O–H groups in total. The standard InChI is InChI=1S/C14H12F5N3O2/c1-20-12-9(24-13(15)16)3-7(4-21-12)22-5-6-2-8(6)10(22)11(23)14(17,18)19/h3-4,6,8,10-11,13,23H,2,5H2/t6-,8-,10-,11-/m1/s1. The molecule has 2 fully saturated rings. The largest absolute Gasteiger partial charge is 0.445 e. The van der Waals surface area contributed by atoms with E-state index in [9.17, 15) is 27.1 Å². The highest BCUT2D eigenvalue weighted by Gasteiger charge is 2.60. The minimum Gasteiger partial charge on any atom is -0.445 e. The molecule has 4 atom stereocenters. The van der Waals surface area contributed by atoms with Crippen LogP contribution in [0.5, 0.6) is 5.75 Å². The molecule has 10 heteroatoms. The summed E-state index contributed by atoms with van der Waals surface area (Å²) in [7, 11) is 0. The van der Waals surface area contributed by atoms with Gasteiger partial charge in [0.05, 0.1) is 11.7 Å². The van der Waals surface area contributed by atoms with Gasteiger partial charge in [0.2, 0.25) is 0 Å². The number of nitrogens with zero attached hydrogens (tertiary/aromatic N) is 3. The van der Waals surface area contributed by atoms with E-state index in [4.69, 9.17) is 6.57 Å². The predicted octanol–water partition coefficient (Wildman–Crippen LogP) is 2.98. The molecule has 1 aliphatic heterocycles. The van der Waals surface area contributed by atoms with Crippen molar-refractivity contribution in [1.29, 1.82) is 0 Å². The van der Waals surface area contributed by atoms with Crippen LogP contribution in [0.2, 0.25) is 0 Å². The Hall–Kier alpha value is -2.15. The molecule has 0 aromatic carbocycles. The first kappa shape index (κ1) is 16.7. The number of aliphatic hydroxyl groups is 1. The molecule has 1 aromatic heterocycles. The molecule has 130 valence electrons. The van der Waals surface area contributed by atoms with Gasteiger partial charge < -0.3 is 19.6 Å². The fourth-order valence-corrected chi connectivity index (χ4v) is 3.23. The lowest BCUT2D eigenvalue weighted by atomic mass is 10.1. The Morgan fingerprint density at radius 3 is 2.71 bits per heavy atom. The molecule has 1 saturated heterocycles. The molecular formula is C14H12F5N3O2. The molecule has 0 bridgehead atoms. The number of rotatable bonds is 4. The molecule has 0 radical (unpaired) electrons. The summed E-state index contributed by atoms with van der Waals surface area (Å²) in [5, 5.41) is 9.64. The predicted molar refractivity (Wildman–Crippen MR) is 71.9 cm³/mol. The molecule has 0 unspecified atom stereocenters. The fourth-order valence-electron chi connectivity index (χ4n) is 3.23. The van der Waals surface area contributed by atoms with Crippen LogP contribution in [0.25, 0.3) is 4.85 Å². The van der Waals surface area contributed by atoms with Gasteiger partial charge in [-0.1, -0.05) is 6.57 Å². The summed E-state index contributed by atoms with van der Waals surface area (Å²) in [5.74, 6) is -1.19. The molecule has 0 amide bonds. The highest BCUT2D eigenvalue weighted by molar-refractivity contribution is 5.61. The van der Waals surface area contributed by atoms with Crippen molar-refractivity contribution < 1.29 is 31.8 Å². The first-order valence-corrected chi connectivity index (χ1v) is 7.06. The summed E-state index contributed by atoms with van der Waals surface area (Å²) in [5.41, 5.74) is 0.110. The van der Waals surface area contributed by atoms with Crippen molar-refractivity contribution in [2.75, 3.05) is 11.4 Å². The van der Waals surface area contributed by atoms with E-state index in [-0.39, 0.29) is 24.1 Å². The van der Waals surface area contributed by atoms with E-state index in [1.807, 2.05) is 0 Å². The Morgan fingerprint density at radius 2 is 2.12 bits per heavy atom. The molecule has 24 heavy (non-hydrogen) atoms. The number of aromatic nitrogens is 1. The van der Waals surface area contributed by atoms with E-state index in [1.54, 1.807) is 0 Å². The molecule has 2 heterocycles. The Morgan fingerprint density at radius 1 is 1.42 bits per heavy atom. The van der Waals surface area contributed by atoms with Crippen LogP contribution in [-0.2, 0) is 0 Å². The quantitative estimate of drug-likeness (QED) is 0.671. The summed E-state index contributed by atoms with van der Waals surface area (Å²) >= 11 is 0. The van der Waals surface area contributed by atoms with E-state index in [2.05, 4.69) is 14.6 Å². The highest BCUT2D eigenvalue weighted by atomic mass is 19.4. The van der Waals surface area contributed by atoms with E-state index in [0.717, 1.165) is 12.3 Å². The Kier molecular flexibility index (Phi) is 3.99. The van der Waals surface area contributed by atoms with Crippen molar-refractivity contribution in [1.82, 2.24) is 4.98 Å². The van der Waals surface area contributed by atoms with Crippen LogP contribution in [0.15, 0.2) is 12.3 Å². The average molecular weight is 349 g/mol. The van der Waals surface area contributed by atoms with Gasteiger partial charge in [0.25, 0.3) is 0 Å². The van der Waals surface area contributed by atoms with Gasteiger partial charge in [0.15, 0.2) is 11.9 Å². The number of fused-ring (bicyclic) bond motifs is 1. The summed E-state index contributed by atoms with van der Waals surface area (Å²) in [6.45, 7) is 3.94. The molecular weight excluding hydrogens is 337 g/mol. The van der Waals surface area contributed by atoms with Gasteiger partial charge in [-0.3, -0.25) is 0 Å². The molecule has 0 spiro atoms. The second kappa shape index (κ2) is 5.73. The highest BCUT2D eigenvalue weighted by Crippen LogP contribution is 2.53. The number of anilines is 1. The van der Waals surface area contributed by atoms with E-state index >= 15 is 0 Å². The Bertz CT molecular complexity index is 675. The van der Waals surface area contributed by atoms with Gasteiger partial charge >= 0.3 is 18.6 Å². The third-order valence-corrected chi connectivity index (χ3v) is 4.34. The second-order valence-electron chi connectivity index (χ2n) is 5.79. The van der Waals surface area contributed by atoms with Crippen molar-refractivity contribution in [2.45, 2.75) is 31.4 Å². The smallest absolute Gasteiger partial charge is 0.416 e. The Balaban J connectivity index is 1.92. The minimum atomic E-state index is -4.79. The van der Waals surface area contributed by atoms with Crippen LogP contribution < -0.4 is 9.64 Å². The van der Waals surface area contributed by atoms with Crippen LogP contribution in [-0.4, -0.2) is 41.6 Å². The number of piperidine rings is 1. The monoisotopic (exact) mass is 349 g/mol. The van der Waals surface area contributed by atoms with Crippen LogP contribution in [0.3, 0.4) is 0 Å². The van der Waals surface area contributed by atoms with Gasteiger partial charge in [0, 0.05) is 6.54 Å². The van der Waals surface area contributed by atoms with Gasteiger partial charge in [-0.2, -0.15) is 22.0 Å². The topological polar surface area (TPSA) is 50.0 Å². The van der Waals surface area contributed by atoms with Crippen molar-refractivity contribution in [3.8, 4) is 5.75 Å². The maximum Gasteiger partial charge on any atom is 0.416 e. The van der Waals surface area contributed by atoms with Crippen LogP contribution in [0, 0.1) is 18.4 Å². The van der Waals surface area contributed by atoms with Crippen LogP contribution in [0.1, 0.15) is 6.42 Å². The van der Waals surface area contributed by atoms with Crippen LogP contribution >= 0.6 is 0 Å². The number of hydrogen-bond acceptors (Lipinski definition) is 4. The van der Waals surface area contributed by atoms with Gasteiger partial charge in [-0.25, -0.2) is 0 Å². The summed E-state index contributed by atoms with van der Waals surface area (Å²) < 4.78 is 67.7. The summed E-state index contributed by atoms with van der Waals surface area (Å²) in [6.07, 6.45) is -5.61. The van der Waals surface area contributed by atoms with Crippen molar-refractivity contribution in [3.05, 3.63) is 23.7 Å². The lowest BCUT2D eigenvalue weighted by Crippen LogP contribution is -2.49. The SMILES string of the molecule is [C-]#[N+]c1ncc(N2C[C@H]3C[C@H]3[C@@H]2[C@@H](O)C(F)(F)F)cc1OC(F)F. The average Bonchev–Trinajstić information content (AvgIpc) is 3.16. The third kappa shape index (κ3) is 2.96. The number of hydrogen-bond donors (Lipinski definition) is 1. The van der Waals surface area contributed by atoms with Gasteiger partial charge in [-0.05, 0) is 24.3 Å². The minimum absolute atomic E-state index is 0.0204.